The summed E-state index contributed by atoms with van der Waals surface area (Å²) in [6, 6.07) is 18.5. The maximum absolute atomic E-state index is 12.7. The average molecular weight is 407 g/mol. The van der Waals surface area contributed by atoms with Gasteiger partial charge in [-0.2, -0.15) is 4.99 Å². The molecule has 0 saturated carbocycles. The predicted molar refractivity (Wildman–Crippen MR) is 108 cm³/mol. The molecule has 2 aromatic heterocycles. The second-order valence-electron chi connectivity index (χ2n) is 6.10. The molecular formula is C21H17N3O4S. The van der Waals surface area contributed by atoms with Gasteiger partial charge in [-0.1, -0.05) is 59.0 Å². The number of carbonyl (C=O) groups excluding carboxylic acids is 2. The molecule has 7 nitrogen and oxygen atoms in total. The van der Waals surface area contributed by atoms with E-state index in [9.17, 15) is 9.59 Å². The summed E-state index contributed by atoms with van der Waals surface area (Å²) in [5, 5.41) is 3.85. The molecule has 0 aliphatic rings. The summed E-state index contributed by atoms with van der Waals surface area (Å²) < 4.78 is 12.9. The van der Waals surface area contributed by atoms with Crippen LogP contribution in [0.3, 0.4) is 0 Å². The number of benzene rings is 2. The molecule has 0 N–H and O–H groups in total. The number of aromatic nitrogens is 2. The van der Waals surface area contributed by atoms with Crippen molar-refractivity contribution in [3.8, 4) is 11.3 Å². The van der Waals surface area contributed by atoms with Crippen molar-refractivity contribution in [2.24, 2.45) is 4.99 Å². The number of thiazole rings is 1. The van der Waals surface area contributed by atoms with Crippen LogP contribution >= 0.6 is 11.3 Å². The van der Waals surface area contributed by atoms with Gasteiger partial charge in [0, 0.05) is 11.6 Å². The van der Waals surface area contributed by atoms with Crippen LogP contribution in [0.5, 0.6) is 0 Å². The molecule has 8 heteroatoms. The topological polar surface area (TPSA) is 86.7 Å². The van der Waals surface area contributed by atoms with Gasteiger partial charge >= 0.3 is 11.9 Å². The molecule has 29 heavy (non-hydrogen) atoms. The average Bonchev–Trinajstić information content (AvgIpc) is 3.35. The van der Waals surface area contributed by atoms with Gasteiger partial charge in [0.15, 0.2) is 16.3 Å². The number of para-hydroxylation sites is 1. The van der Waals surface area contributed by atoms with E-state index in [1.807, 2.05) is 54.6 Å². The Kier molecular flexibility index (Phi) is 5.35. The van der Waals surface area contributed by atoms with Crippen molar-refractivity contribution >= 4 is 33.4 Å². The smallest absolute Gasteiger partial charge is 0.326 e. The van der Waals surface area contributed by atoms with Crippen molar-refractivity contribution in [3.63, 3.8) is 0 Å². The lowest BCUT2D eigenvalue weighted by Gasteiger charge is -2.04. The summed E-state index contributed by atoms with van der Waals surface area (Å²) in [6.45, 7) is 2.00. The fourth-order valence-corrected chi connectivity index (χ4v) is 3.88. The third-order valence-electron chi connectivity index (χ3n) is 4.17. The van der Waals surface area contributed by atoms with E-state index in [0.717, 1.165) is 15.8 Å². The number of amides is 1. The third-order valence-corrected chi connectivity index (χ3v) is 5.22. The van der Waals surface area contributed by atoms with E-state index < -0.39 is 11.9 Å². The summed E-state index contributed by atoms with van der Waals surface area (Å²) in [6.07, 6.45) is 0. The highest BCUT2D eigenvalue weighted by Gasteiger charge is 2.16. The number of rotatable bonds is 5. The van der Waals surface area contributed by atoms with Crippen LogP contribution in [-0.4, -0.2) is 28.2 Å². The van der Waals surface area contributed by atoms with Gasteiger partial charge < -0.3 is 13.8 Å². The van der Waals surface area contributed by atoms with Crippen molar-refractivity contribution in [1.29, 1.82) is 0 Å². The molecule has 0 unspecified atom stereocenters. The van der Waals surface area contributed by atoms with Gasteiger partial charge in [0.1, 0.15) is 6.54 Å². The van der Waals surface area contributed by atoms with E-state index in [-0.39, 0.29) is 18.8 Å². The molecule has 0 aliphatic heterocycles. The minimum absolute atomic E-state index is 0.0297. The summed E-state index contributed by atoms with van der Waals surface area (Å²) >= 11 is 1.32. The maximum atomic E-state index is 12.7. The highest BCUT2D eigenvalue weighted by atomic mass is 32.1. The van der Waals surface area contributed by atoms with Gasteiger partial charge in [-0.25, -0.2) is 0 Å². The number of esters is 1. The fourth-order valence-electron chi connectivity index (χ4n) is 2.85. The first kappa shape index (κ1) is 18.8. The van der Waals surface area contributed by atoms with E-state index in [1.165, 1.54) is 11.3 Å². The molecule has 0 bridgehead atoms. The molecule has 1 amide bonds. The zero-order valence-electron chi connectivity index (χ0n) is 15.6. The number of hydrogen-bond acceptors (Lipinski definition) is 6. The maximum Gasteiger partial charge on any atom is 0.326 e. The summed E-state index contributed by atoms with van der Waals surface area (Å²) in [4.78, 5) is 29.3. The fraction of sp³-hybridized carbons (Fsp3) is 0.143. The van der Waals surface area contributed by atoms with E-state index in [1.54, 1.807) is 17.6 Å². The summed E-state index contributed by atoms with van der Waals surface area (Å²) in [7, 11) is 0. The second kappa shape index (κ2) is 8.24. The first-order valence-electron chi connectivity index (χ1n) is 9.01. The highest BCUT2D eigenvalue weighted by molar-refractivity contribution is 7.16. The van der Waals surface area contributed by atoms with Crippen molar-refractivity contribution in [1.82, 2.24) is 9.72 Å². The van der Waals surface area contributed by atoms with Crippen LogP contribution < -0.4 is 4.80 Å². The molecule has 0 saturated heterocycles. The molecule has 2 heterocycles. The number of nitrogens with zero attached hydrogens (tertiary/aromatic N) is 3. The molecule has 0 radical (unpaired) electrons. The highest BCUT2D eigenvalue weighted by Crippen LogP contribution is 2.20. The van der Waals surface area contributed by atoms with E-state index in [4.69, 9.17) is 9.26 Å². The van der Waals surface area contributed by atoms with Crippen LogP contribution in [0.2, 0.25) is 0 Å². The molecule has 0 atom stereocenters. The van der Waals surface area contributed by atoms with Crippen molar-refractivity contribution in [2.45, 2.75) is 13.5 Å². The molecule has 2 aromatic carbocycles. The van der Waals surface area contributed by atoms with Gasteiger partial charge in [-0.3, -0.25) is 9.59 Å². The minimum atomic E-state index is -0.542. The Hall–Kier alpha value is -3.52. The quantitative estimate of drug-likeness (QED) is 0.471. The Bertz CT molecular complexity index is 1240. The SMILES string of the molecule is CCOC(=O)Cn1c(=NC(=O)c2cc(-c3ccccc3)on2)sc2ccccc21. The van der Waals surface area contributed by atoms with Crippen molar-refractivity contribution in [2.75, 3.05) is 6.61 Å². The molecule has 0 fully saturated rings. The zero-order valence-corrected chi connectivity index (χ0v) is 16.4. The predicted octanol–water partition coefficient (Wildman–Crippen LogP) is 3.66. The Labute approximate surface area is 169 Å². The van der Waals surface area contributed by atoms with Gasteiger partial charge in [0.2, 0.25) is 0 Å². The minimum Gasteiger partial charge on any atom is -0.465 e. The monoisotopic (exact) mass is 407 g/mol. The van der Waals surface area contributed by atoms with Gasteiger partial charge in [0.25, 0.3) is 0 Å². The Balaban J connectivity index is 1.71. The van der Waals surface area contributed by atoms with Crippen LogP contribution in [-0.2, 0) is 16.1 Å². The normalized spacial score (nSPS) is 11.7. The second-order valence-corrected chi connectivity index (χ2v) is 7.11. The van der Waals surface area contributed by atoms with Gasteiger partial charge in [0.05, 0.1) is 16.8 Å². The van der Waals surface area contributed by atoms with Gasteiger partial charge in [-0.15, -0.1) is 0 Å². The standard InChI is InChI=1S/C21H17N3O4S/c1-2-27-19(25)13-24-16-10-6-7-11-18(16)29-21(24)22-20(26)15-12-17(28-23-15)14-8-4-3-5-9-14/h3-12H,2,13H2,1H3. The van der Waals surface area contributed by atoms with E-state index >= 15 is 0 Å². The molecule has 0 aliphatic carbocycles. The number of hydrogen-bond donors (Lipinski definition) is 0. The van der Waals surface area contributed by atoms with Crippen LogP contribution in [0.4, 0.5) is 0 Å². The largest absolute Gasteiger partial charge is 0.465 e. The Morgan fingerprint density at radius 1 is 1.14 bits per heavy atom. The lowest BCUT2D eigenvalue weighted by molar-refractivity contribution is -0.143. The first-order chi connectivity index (χ1) is 14.2. The third kappa shape index (κ3) is 4.02. The van der Waals surface area contributed by atoms with Crippen LogP contribution in [0, 0.1) is 0 Å². The number of fused-ring (bicyclic) bond motifs is 1. The zero-order chi connectivity index (χ0) is 20.2. The van der Waals surface area contributed by atoms with Crippen molar-refractivity contribution in [3.05, 3.63) is 71.2 Å². The Morgan fingerprint density at radius 2 is 1.90 bits per heavy atom. The van der Waals surface area contributed by atoms with Crippen molar-refractivity contribution < 1.29 is 18.8 Å². The molecule has 146 valence electrons. The summed E-state index contributed by atoms with van der Waals surface area (Å²) in [5.74, 6) is -0.447. The van der Waals surface area contributed by atoms with Crippen LogP contribution in [0.25, 0.3) is 21.5 Å². The number of ether oxygens (including phenoxy) is 1. The molecule has 4 aromatic rings. The lowest BCUT2D eigenvalue weighted by atomic mass is 10.1. The van der Waals surface area contributed by atoms with Gasteiger partial charge in [-0.05, 0) is 19.1 Å². The molecule has 0 spiro atoms. The van der Waals surface area contributed by atoms with E-state index in [2.05, 4.69) is 10.1 Å². The molecular weight excluding hydrogens is 390 g/mol. The van der Waals surface area contributed by atoms with E-state index in [0.29, 0.717) is 10.6 Å². The lowest BCUT2D eigenvalue weighted by Crippen LogP contribution is -2.23. The summed E-state index contributed by atoms with van der Waals surface area (Å²) in [5.41, 5.74) is 1.73. The van der Waals surface area contributed by atoms with Crippen LogP contribution in [0.1, 0.15) is 17.4 Å². The molecule has 4 rings (SSSR count). The van der Waals surface area contributed by atoms with Crippen LogP contribution in [0.15, 0.2) is 70.2 Å². The first-order valence-corrected chi connectivity index (χ1v) is 9.82. The number of carbonyl (C=O) groups is 2. The Morgan fingerprint density at radius 3 is 2.69 bits per heavy atom.